The molecule has 1 atom stereocenters. The van der Waals surface area contributed by atoms with E-state index in [-0.39, 0.29) is 11.6 Å². The van der Waals surface area contributed by atoms with Gasteiger partial charge in [-0.2, -0.15) is 0 Å². The van der Waals surface area contributed by atoms with Crippen LogP contribution >= 0.6 is 0 Å². The summed E-state index contributed by atoms with van der Waals surface area (Å²) in [6.45, 7) is 2.92. The summed E-state index contributed by atoms with van der Waals surface area (Å²) in [5.74, 6) is -0.874. The molecule has 0 aliphatic carbocycles. The minimum absolute atomic E-state index is 0.180. The smallest absolute Gasteiger partial charge is 0.293 e. The maximum Gasteiger partial charge on any atom is 0.293 e. The molecule has 9 nitrogen and oxygen atoms in total. The summed E-state index contributed by atoms with van der Waals surface area (Å²) in [5.41, 5.74) is 3.70. The fraction of sp³-hybridized carbons (Fsp3) is 0.286. The Labute approximate surface area is 215 Å². The fourth-order valence-electron chi connectivity index (χ4n) is 4.37. The number of aliphatic hydroxyl groups is 1. The van der Waals surface area contributed by atoms with E-state index in [0.717, 1.165) is 16.7 Å². The zero-order valence-corrected chi connectivity index (χ0v) is 20.5. The Balaban J connectivity index is 1.45. The Bertz CT molecular complexity index is 1210. The molecule has 1 unspecified atom stereocenters. The normalized spacial score (nSPS) is 14.6. The molecule has 2 heterocycles. The number of ether oxygens (including phenoxy) is 1. The van der Waals surface area contributed by atoms with Gasteiger partial charge in [-0.05, 0) is 28.8 Å². The maximum absolute atomic E-state index is 13.2. The second kappa shape index (κ2) is 12.8. The third-order valence-electron chi connectivity index (χ3n) is 6.37. The van der Waals surface area contributed by atoms with Crippen molar-refractivity contribution in [2.24, 2.45) is 0 Å². The standard InChI is InChI=1S/C28H30N4O5/c33-19-25(28(36)32-14-12-31(13-15-32)16-17-37-20-34)30-27(35)26-24(10-5-11-29-26)23-9-4-8-22(18-23)21-6-2-1-3-7-21/h1-11,18,20,25,33H,12-17,19H2,(H,30,35). The molecule has 4 rings (SSSR count). The van der Waals surface area contributed by atoms with Gasteiger partial charge in [0.1, 0.15) is 18.3 Å². The molecule has 1 aliphatic heterocycles. The predicted molar refractivity (Wildman–Crippen MR) is 138 cm³/mol. The Kier molecular flexibility index (Phi) is 8.96. The summed E-state index contributed by atoms with van der Waals surface area (Å²) in [4.78, 5) is 44.6. The van der Waals surface area contributed by atoms with Gasteiger partial charge in [0.05, 0.1) is 6.61 Å². The average Bonchev–Trinajstić information content (AvgIpc) is 2.96. The van der Waals surface area contributed by atoms with Crippen molar-refractivity contribution in [1.82, 2.24) is 20.1 Å². The molecule has 2 amide bonds. The van der Waals surface area contributed by atoms with Crippen LogP contribution in [0.2, 0.25) is 0 Å². The topological polar surface area (TPSA) is 112 Å². The van der Waals surface area contributed by atoms with E-state index < -0.39 is 18.6 Å². The second-order valence-corrected chi connectivity index (χ2v) is 8.69. The van der Waals surface area contributed by atoms with Crippen LogP contribution < -0.4 is 5.32 Å². The molecule has 0 bridgehead atoms. The molecule has 1 aromatic heterocycles. The van der Waals surface area contributed by atoms with Crippen LogP contribution in [0.1, 0.15) is 10.5 Å². The van der Waals surface area contributed by atoms with Crippen LogP contribution in [0.15, 0.2) is 72.9 Å². The van der Waals surface area contributed by atoms with E-state index in [1.54, 1.807) is 11.0 Å². The Morgan fingerprint density at radius 3 is 2.43 bits per heavy atom. The first-order valence-electron chi connectivity index (χ1n) is 12.2. The number of benzene rings is 2. The van der Waals surface area contributed by atoms with E-state index in [4.69, 9.17) is 4.74 Å². The molecule has 1 aliphatic rings. The van der Waals surface area contributed by atoms with E-state index in [2.05, 4.69) is 15.2 Å². The molecule has 2 N–H and O–H groups in total. The van der Waals surface area contributed by atoms with Crippen molar-refractivity contribution in [3.8, 4) is 22.3 Å². The maximum atomic E-state index is 13.2. The zero-order valence-electron chi connectivity index (χ0n) is 20.5. The van der Waals surface area contributed by atoms with Crippen LogP contribution in [-0.2, 0) is 14.3 Å². The first kappa shape index (κ1) is 26.0. The molecule has 1 saturated heterocycles. The van der Waals surface area contributed by atoms with Gasteiger partial charge in [-0.15, -0.1) is 0 Å². The summed E-state index contributed by atoms with van der Waals surface area (Å²) in [6.07, 6.45) is 1.53. The molecule has 9 heteroatoms. The molecule has 37 heavy (non-hydrogen) atoms. The lowest BCUT2D eigenvalue weighted by Gasteiger charge is -2.36. The number of hydrogen-bond donors (Lipinski definition) is 2. The molecule has 2 aromatic carbocycles. The predicted octanol–water partition coefficient (Wildman–Crippen LogP) is 1.82. The summed E-state index contributed by atoms with van der Waals surface area (Å²) in [6, 6.07) is 20.3. The van der Waals surface area contributed by atoms with E-state index >= 15 is 0 Å². The molecule has 0 spiro atoms. The minimum atomic E-state index is -1.08. The van der Waals surface area contributed by atoms with E-state index in [0.29, 0.717) is 51.4 Å². The van der Waals surface area contributed by atoms with Crippen molar-refractivity contribution < 1.29 is 24.2 Å². The monoisotopic (exact) mass is 502 g/mol. The van der Waals surface area contributed by atoms with Crippen LogP contribution in [0.25, 0.3) is 22.3 Å². The number of carbonyl (C=O) groups is 3. The van der Waals surface area contributed by atoms with Crippen molar-refractivity contribution in [2.75, 3.05) is 45.9 Å². The van der Waals surface area contributed by atoms with E-state index in [1.807, 2.05) is 60.7 Å². The van der Waals surface area contributed by atoms with Gasteiger partial charge in [0.2, 0.25) is 5.91 Å². The highest BCUT2D eigenvalue weighted by atomic mass is 16.5. The quantitative estimate of drug-likeness (QED) is 0.321. The van der Waals surface area contributed by atoms with Gasteiger partial charge in [0.15, 0.2) is 0 Å². The third-order valence-corrected chi connectivity index (χ3v) is 6.37. The number of amides is 2. The van der Waals surface area contributed by atoms with E-state index in [1.165, 1.54) is 6.20 Å². The van der Waals surface area contributed by atoms with Crippen LogP contribution in [0.4, 0.5) is 0 Å². The molecule has 0 radical (unpaired) electrons. The number of aromatic nitrogens is 1. The number of nitrogens with one attached hydrogen (secondary N) is 1. The molecule has 0 saturated carbocycles. The van der Waals surface area contributed by atoms with Gasteiger partial charge in [0, 0.05) is 44.5 Å². The highest BCUT2D eigenvalue weighted by Crippen LogP contribution is 2.28. The molecular weight excluding hydrogens is 472 g/mol. The van der Waals surface area contributed by atoms with Crippen molar-refractivity contribution in [3.63, 3.8) is 0 Å². The molecule has 192 valence electrons. The fourth-order valence-corrected chi connectivity index (χ4v) is 4.37. The first-order valence-corrected chi connectivity index (χ1v) is 12.2. The number of nitrogens with zero attached hydrogens (tertiary/aromatic N) is 3. The van der Waals surface area contributed by atoms with Gasteiger partial charge in [-0.1, -0.05) is 54.6 Å². The van der Waals surface area contributed by atoms with Gasteiger partial charge < -0.3 is 20.1 Å². The van der Waals surface area contributed by atoms with Crippen LogP contribution in [0.5, 0.6) is 0 Å². The van der Waals surface area contributed by atoms with E-state index in [9.17, 15) is 19.5 Å². The van der Waals surface area contributed by atoms with Crippen LogP contribution in [0.3, 0.4) is 0 Å². The number of hydrogen-bond acceptors (Lipinski definition) is 7. The lowest BCUT2D eigenvalue weighted by atomic mass is 9.98. The number of piperazine rings is 1. The number of aliphatic hydroxyl groups excluding tert-OH is 1. The molecule has 3 aromatic rings. The van der Waals surface area contributed by atoms with Crippen molar-refractivity contribution >= 4 is 18.3 Å². The van der Waals surface area contributed by atoms with Gasteiger partial charge in [0.25, 0.3) is 12.4 Å². The number of rotatable bonds is 10. The summed E-state index contributed by atoms with van der Waals surface area (Å²) < 4.78 is 4.73. The zero-order chi connectivity index (χ0) is 26.0. The van der Waals surface area contributed by atoms with Gasteiger partial charge in [-0.3, -0.25) is 24.3 Å². The van der Waals surface area contributed by atoms with Crippen LogP contribution in [0, 0.1) is 0 Å². The average molecular weight is 503 g/mol. The second-order valence-electron chi connectivity index (χ2n) is 8.69. The van der Waals surface area contributed by atoms with Crippen molar-refractivity contribution in [3.05, 3.63) is 78.6 Å². The molecule has 1 fully saturated rings. The van der Waals surface area contributed by atoms with Gasteiger partial charge in [-0.25, -0.2) is 0 Å². The first-order chi connectivity index (χ1) is 18.1. The Morgan fingerprint density at radius 2 is 1.70 bits per heavy atom. The largest absolute Gasteiger partial charge is 0.467 e. The lowest BCUT2D eigenvalue weighted by molar-refractivity contribution is -0.136. The summed E-state index contributed by atoms with van der Waals surface area (Å²) in [5, 5.41) is 12.6. The highest BCUT2D eigenvalue weighted by molar-refractivity contribution is 6.01. The third kappa shape index (κ3) is 6.58. The Hall–Kier alpha value is -4.08. The summed E-state index contributed by atoms with van der Waals surface area (Å²) >= 11 is 0. The minimum Gasteiger partial charge on any atom is -0.467 e. The van der Waals surface area contributed by atoms with Crippen LogP contribution in [-0.4, -0.2) is 90.2 Å². The van der Waals surface area contributed by atoms with Gasteiger partial charge >= 0.3 is 0 Å². The highest BCUT2D eigenvalue weighted by Gasteiger charge is 2.29. The SMILES string of the molecule is O=COCCN1CCN(C(=O)C(CO)NC(=O)c2ncccc2-c2cccc(-c3ccccc3)c2)CC1. The number of pyridine rings is 1. The molecular formula is C28H30N4O5. The van der Waals surface area contributed by atoms with Crippen molar-refractivity contribution in [2.45, 2.75) is 6.04 Å². The van der Waals surface area contributed by atoms with Crippen molar-refractivity contribution in [1.29, 1.82) is 0 Å². The Morgan fingerprint density at radius 1 is 0.973 bits per heavy atom. The lowest BCUT2D eigenvalue weighted by Crippen LogP contribution is -2.56. The summed E-state index contributed by atoms with van der Waals surface area (Å²) in [7, 11) is 0. The number of carbonyl (C=O) groups excluding carboxylic acids is 3.